The zero-order chi connectivity index (χ0) is 13.2. The van der Waals surface area contributed by atoms with Crippen LogP contribution in [0.1, 0.15) is 27.7 Å². The molecule has 3 heterocycles. The third kappa shape index (κ3) is 1.88. The Balaban J connectivity index is 1.89. The van der Waals surface area contributed by atoms with Gasteiger partial charge in [-0.15, -0.1) is 0 Å². The summed E-state index contributed by atoms with van der Waals surface area (Å²) >= 11 is 0. The van der Waals surface area contributed by atoms with E-state index in [1.165, 1.54) is 0 Å². The smallest absolute Gasteiger partial charge is 0.224 e. The predicted molar refractivity (Wildman–Crippen MR) is 59.6 cm³/mol. The van der Waals surface area contributed by atoms with Gasteiger partial charge in [-0.3, -0.25) is 0 Å². The third-order valence-corrected chi connectivity index (χ3v) is 3.48. The van der Waals surface area contributed by atoms with Gasteiger partial charge in [0.15, 0.2) is 11.6 Å². The molecule has 0 bridgehead atoms. The van der Waals surface area contributed by atoms with Crippen molar-refractivity contribution in [2.75, 3.05) is 13.2 Å². The second-order valence-corrected chi connectivity index (χ2v) is 6.00. The fraction of sp³-hybridized carbons (Fsp3) is 1.00. The molecule has 3 saturated heterocycles. The molecular formula is C12H20O6. The van der Waals surface area contributed by atoms with Crippen LogP contribution in [-0.4, -0.2) is 54.0 Å². The number of fused-ring (bicyclic) bond motifs is 2. The Kier molecular flexibility index (Phi) is 2.59. The Morgan fingerprint density at radius 2 is 1.72 bits per heavy atom. The van der Waals surface area contributed by atoms with E-state index in [-0.39, 0.29) is 13.2 Å². The van der Waals surface area contributed by atoms with Crippen molar-refractivity contribution < 1.29 is 28.8 Å². The second-order valence-electron chi connectivity index (χ2n) is 6.00. The van der Waals surface area contributed by atoms with Crippen molar-refractivity contribution in [3.05, 3.63) is 0 Å². The Morgan fingerprint density at radius 3 is 2.33 bits per heavy atom. The first-order chi connectivity index (χ1) is 8.23. The molecule has 104 valence electrons. The molecular weight excluding hydrogens is 240 g/mol. The maximum absolute atomic E-state index is 9.96. The van der Waals surface area contributed by atoms with E-state index >= 15 is 0 Å². The molecule has 0 aromatic rings. The highest BCUT2D eigenvalue weighted by Crippen LogP contribution is 2.45. The van der Waals surface area contributed by atoms with Crippen LogP contribution in [0.25, 0.3) is 0 Å². The zero-order valence-electron chi connectivity index (χ0n) is 11.1. The van der Waals surface area contributed by atoms with Crippen molar-refractivity contribution >= 4 is 0 Å². The van der Waals surface area contributed by atoms with E-state index in [2.05, 4.69) is 0 Å². The first kappa shape index (κ1) is 12.8. The summed E-state index contributed by atoms with van der Waals surface area (Å²) in [5.74, 6) is -2.46. The lowest BCUT2D eigenvalue weighted by Crippen LogP contribution is -2.61. The van der Waals surface area contributed by atoms with Crippen LogP contribution in [0.3, 0.4) is 0 Å². The van der Waals surface area contributed by atoms with Gasteiger partial charge in [0.25, 0.3) is 0 Å². The maximum atomic E-state index is 9.96. The molecule has 3 rings (SSSR count). The van der Waals surface area contributed by atoms with E-state index in [9.17, 15) is 5.11 Å². The highest BCUT2D eigenvalue weighted by molar-refractivity contribution is 5.02. The van der Waals surface area contributed by atoms with E-state index in [0.717, 1.165) is 0 Å². The SMILES string of the molecule is CC1(C)O[C@H]2[C@H](O)CO[C@@]3(COC(C)(C)O3)[C@H]2O1. The van der Waals surface area contributed by atoms with Gasteiger partial charge < -0.3 is 28.8 Å². The van der Waals surface area contributed by atoms with Gasteiger partial charge in [0.2, 0.25) is 5.79 Å². The van der Waals surface area contributed by atoms with Crippen molar-refractivity contribution in [3.8, 4) is 0 Å². The normalized spacial score (nSPS) is 49.5. The summed E-state index contributed by atoms with van der Waals surface area (Å²) in [5.41, 5.74) is 0. The van der Waals surface area contributed by atoms with Gasteiger partial charge in [-0.1, -0.05) is 0 Å². The lowest BCUT2D eigenvalue weighted by atomic mass is 9.97. The Labute approximate surface area is 106 Å². The van der Waals surface area contributed by atoms with Crippen LogP contribution in [0, 0.1) is 0 Å². The second kappa shape index (κ2) is 3.65. The third-order valence-electron chi connectivity index (χ3n) is 3.48. The molecule has 18 heavy (non-hydrogen) atoms. The monoisotopic (exact) mass is 260 g/mol. The van der Waals surface area contributed by atoms with Crippen LogP contribution in [-0.2, 0) is 23.7 Å². The zero-order valence-corrected chi connectivity index (χ0v) is 11.1. The summed E-state index contributed by atoms with van der Waals surface area (Å²) in [7, 11) is 0. The van der Waals surface area contributed by atoms with E-state index in [4.69, 9.17) is 23.7 Å². The first-order valence-electron chi connectivity index (χ1n) is 6.25. The van der Waals surface area contributed by atoms with Crippen LogP contribution in [0.2, 0.25) is 0 Å². The van der Waals surface area contributed by atoms with Crippen LogP contribution >= 0.6 is 0 Å². The van der Waals surface area contributed by atoms with Gasteiger partial charge in [0.1, 0.15) is 24.9 Å². The molecule has 0 aromatic carbocycles. The standard InChI is InChI=1S/C12H20O6/c1-10(2)15-6-12(18-10)9-8(7(13)5-14-12)16-11(3,4)17-9/h7-9,13H,5-6H2,1-4H3/t7-,8+,9+,12-/m1/s1. The minimum absolute atomic E-state index is 0.153. The van der Waals surface area contributed by atoms with E-state index in [1.807, 2.05) is 27.7 Å². The van der Waals surface area contributed by atoms with Gasteiger partial charge in [-0.25, -0.2) is 0 Å². The molecule has 0 saturated carbocycles. The topological polar surface area (TPSA) is 66.4 Å². The Bertz CT molecular complexity index is 354. The molecule has 3 fully saturated rings. The largest absolute Gasteiger partial charge is 0.388 e. The van der Waals surface area contributed by atoms with Gasteiger partial charge in [0.05, 0.1) is 6.61 Å². The Morgan fingerprint density at radius 1 is 1.00 bits per heavy atom. The van der Waals surface area contributed by atoms with Gasteiger partial charge in [-0.05, 0) is 27.7 Å². The number of aliphatic hydroxyl groups excluding tert-OH is 1. The molecule has 1 N–H and O–H groups in total. The van der Waals surface area contributed by atoms with Crippen molar-refractivity contribution in [3.63, 3.8) is 0 Å². The number of hydrogen-bond acceptors (Lipinski definition) is 6. The number of hydrogen-bond donors (Lipinski definition) is 1. The van der Waals surface area contributed by atoms with E-state index in [0.29, 0.717) is 0 Å². The molecule has 6 heteroatoms. The highest BCUT2D eigenvalue weighted by atomic mass is 16.9. The molecule has 0 aromatic heterocycles. The van der Waals surface area contributed by atoms with Crippen LogP contribution < -0.4 is 0 Å². The van der Waals surface area contributed by atoms with Crippen LogP contribution in [0.15, 0.2) is 0 Å². The molecule has 3 aliphatic heterocycles. The molecule has 6 nitrogen and oxygen atoms in total. The summed E-state index contributed by atoms with van der Waals surface area (Å²) < 4.78 is 28.7. The fourth-order valence-electron chi connectivity index (χ4n) is 2.77. The van der Waals surface area contributed by atoms with Gasteiger partial charge in [-0.2, -0.15) is 0 Å². The average molecular weight is 260 g/mol. The van der Waals surface area contributed by atoms with Crippen LogP contribution in [0.5, 0.6) is 0 Å². The number of ether oxygens (including phenoxy) is 5. The lowest BCUT2D eigenvalue weighted by molar-refractivity contribution is -0.323. The fourth-order valence-corrected chi connectivity index (χ4v) is 2.77. The molecule has 1 spiro atoms. The molecule has 0 amide bonds. The van der Waals surface area contributed by atoms with Crippen molar-refractivity contribution in [1.82, 2.24) is 0 Å². The van der Waals surface area contributed by atoms with E-state index < -0.39 is 35.7 Å². The minimum Gasteiger partial charge on any atom is -0.388 e. The van der Waals surface area contributed by atoms with Gasteiger partial charge in [0, 0.05) is 0 Å². The summed E-state index contributed by atoms with van der Waals surface area (Å²) in [6, 6.07) is 0. The van der Waals surface area contributed by atoms with Crippen molar-refractivity contribution in [2.45, 2.75) is 63.4 Å². The summed E-state index contributed by atoms with van der Waals surface area (Å²) in [5, 5.41) is 9.96. The molecule has 3 aliphatic rings. The minimum atomic E-state index is -0.985. The predicted octanol–water partition coefficient (Wildman–Crippen LogP) is 0.377. The van der Waals surface area contributed by atoms with Crippen LogP contribution in [0.4, 0.5) is 0 Å². The number of rotatable bonds is 0. The summed E-state index contributed by atoms with van der Waals surface area (Å²) in [4.78, 5) is 0. The number of aliphatic hydroxyl groups is 1. The average Bonchev–Trinajstić information content (AvgIpc) is 2.72. The van der Waals surface area contributed by atoms with Crippen molar-refractivity contribution in [1.29, 1.82) is 0 Å². The molecule has 0 radical (unpaired) electrons. The lowest BCUT2D eigenvalue weighted by Gasteiger charge is -2.41. The maximum Gasteiger partial charge on any atom is 0.224 e. The summed E-state index contributed by atoms with van der Waals surface area (Å²) in [6.07, 6.45) is -1.65. The van der Waals surface area contributed by atoms with Crippen molar-refractivity contribution in [2.24, 2.45) is 0 Å². The molecule has 0 unspecified atom stereocenters. The quantitative estimate of drug-likeness (QED) is 0.679. The molecule has 4 atom stereocenters. The summed E-state index contributed by atoms with van der Waals surface area (Å²) in [6.45, 7) is 7.70. The Hall–Kier alpha value is -0.240. The van der Waals surface area contributed by atoms with Gasteiger partial charge >= 0.3 is 0 Å². The molecule has 0 aliphatic carbocycles. The first-order valence-corrected chi connectivity index (χ1v) is 6.25. The van der Waals surface area contributed by atoms with E-state index in [1.54, 1.807) is 0 Å². The highest BCUT2D eigenvalue weighted by Gasteiger charge is 2.64.